The SMILES string of the molecule is COC(CC(C)C(O)C=CC=CCNC(=O)C(C)(C)C(O)C(C)=CC=CC=CC(C)=C(C)N([O-])O)C1(O)C(C)C(=O)N(C)C12C(=O)OC2C. The highest BCUT2D eigenvalue weighted by atomic mass is 16.8. The van der Waals surface area contributed by atoms with E-state index < -0.39 is 64.7 Å². The number of aliphatic hydroxyl groups is 3. The molecule has 2 fully saturated rings. The summed E-state index contributed by atoms with van der Waals surface area (Å²) in [6, 6.07) is 0. The number of rotatable bonds is 16. The Morgan fingerprint density at radius 2 is 1.78 bits per heavy atom. The maximum absolute atomic E-state index is 12.9. The number of carbonyl (C=O) groups excluding carboxylic acids is 3. The number of nitrogens with one attached hydrogen (secondary N) is 1. The van der Waals surface area contributed by atoms with Crippen LogP contribution in [0.5, 0.6) is 0 Å². The van der Waals surface area contributed by atoms with Gasteiger partial charge in [0.15, 0.2) is 0 Å². The second-order valence-electron chi connectivity index (χ2n) is 13.5. The largest absolute Gasteiger partial charge is 0.734 e. The topological polar surface area (TPSA) is 192 Å². The third-order valence-corrected chi connectivity index (χ3v) is 10.0. The number of amides is 2. The smallest absolute Gasteiger partial charge is 0.339 e. The Balaban J connectivity index is 1.94. The van der Waals surface area contributed by atoms with E-state index in [1.165, 1.54) is 26.0 Å². The molecule has 0 bridgehead atoms. The zero-order valence-corrected chi connectivity index (χ0v) is 30.2. The molecule has 2 saturated heterocycles. The van der Waals surface area contributed by atoms with Gasteiger partial charge in [-0.25, -0.2) is 4.79 Å². The highest BCUT2D eigenvalue weighted by molar-refractivity contribution is 5.99. The van der Waals surface area contributed by atoms with E-state index in [1.807, 2.05) is 0 Å². The van der Waals surface area contributed by atoms with Gasteiger partial charge >= 0.3 is 5.97 Å². The Hall–Kier alpha value is -3.59. The molecule has 2 heterocycles. The predicted octanol–water partition coefficient (Wildman–Crippen LogP) is 3.07. The fourth-order valence-corrected chi connectivity index (χ4v) is 6.47. The van der Waals surface area contributed by atoms with Gasteiger partial charge in [0.05, 0.1) is 29.6 Å². The van der Waals surface area contributed by atoms with Gasteiger partial charge < -0.3 is 45.4 Å². The molecular weight excluding hydrogens is 634 g/mol. The first-order valence-electron chi connectivity index (χ1n) is 16.3. The van der Waals surface area contributed by atoms with E-state index >= 15 is 0 Å². The number of allylic oxidation sites excluding steroid dienone is 9. The summed E-state index contributed by atoms with van der Waals surface area (Å²) < 4.78 is 10.9. The molecule has 0 radical (unpaired) electrons. The van der Waals surface area contributed by atoms with Gasteiger partial charge in [-0.15, -0.1) is 0 Å². The van der Waals surface area contributed by atoms with Crippen molar-refractivity contribution in [2.45, 2.75) is 97.4 Å². The third-order valence-electron chi connectivity index (χ3n) is 10.0. The van der Waals surface area contributed by atoms with Crippen LogP contribution in [0.4, 0.5) is 0 Å². The lowest BCUT2D eigenvalue weighted by atomic mass is 9.65. The first-order chi connectivity index (χ1) is 22.7. The van der Waals surface area contributed by atoms with Crippen molar-refractivity contribution >= 4 is 17.8 Å². The number of nitrogens with zero attached hydrogens (tertiary/aromatic N) is 2. The van der Waals surface area contributed by atoms with E-state index in [0.29, 0.717) is 11.1 Å². The van der Waals surface area contributed by atoms with Gasteiger partial charge in [0.25, 0.3) is 0 Å². The molecule has 13 heteroatoms. The molecule has 2 aliphatic heterocycles. The fraction of sp³-hybridized carbons (Fsp3) is 0.583. The van der Waals surface area contributed by atoms with E-state index in [-0.39, 0.29) is 29.8 Å². The van der Waals surface area contributed by atoms with E-state index in [0.717, 1.165) is 0 Å². The third kappa shape index (κ3) is 8.25. The monoisotopic (exact) mass is 688 g/mol. The number of hydrogen-bond donors (Lipinski definition) is 5. The number of cyclic esters (lactones) is 1. The molecule has 0 aromatic carbocycles. The van der Waals surface area contributed by atoms with Crippen molar-refractivity contribution in [2.75, 3.05) is 20.7 Å². The van der Waals surface area contributed by atoms with Gasteiger partial charge in [-0.2, -0.15) is 0 Å². The summed E-state index contributed by atoms with van der Waals surface area (Å²) in [5, 5.41) is 56.1. The highest BCUT2D eigenvalue weighted by Gasteiger charge is 2.80. The minimum absolute atomic E-state index is 0.145. The number of hydrogen-bond acceptors (Lipinski definition) is 11. The summed E-state index contributed by atoms with van der Waals surface area (Å²) in [6.45, 7) is 13.3. The van der Waals surface area contributed by atoms with Crippen molar-refractivity contribution in [2.24, 2.45) is 17.3 Å². The summed E-state index contributed by atoms with van der Waals surface area (Å²) in [5.74, 6) is -2.80. The normalized spacial score (nSPS) is 28.0. The molecule has 13 nitrogen and oxygen atoms in total. The van der Waals surface area contributed by atoms with Crippen LogP contribution in [0.3, 0.4) is 0 Å². The van der Waals surface area contributed by atoms with E-state index in [2.05, 4.69) is 5.32 Å². The Kier molecular flexibility index (Phi) is 14.3. The summed E-state index contributed by atoms with van der Waals surface area (Å²) in [5.41, 5.74) is -3.27. The molecule has 8 atom stereocenters. The number of methoxy groups -OCH3 is 1. The van der Waals surface area contributed by atoms with E-state index in [9.17, 15) is 34.9 Å². The Morgan fingerprint density at radius 3 is 2.33 bits per heavy atom. The molecule has 5 N–H and O–H groups in total. The number of carbonyl (C=O) groups is 3. The average Bonchev–Trinajstić information content (AvgIpc) is 3.22. The van der Waals surface area contributed by atoms with Gasteiger partial charge in [0.2, 0.25) is 17.4 Å². The minimum Gasteiger partial charge on any atom is -0.734 e. The van der Waals surface area contributed by atoms with Gasteiger partial charge in [0, 0.05) is 26.4 Å². The number of ether oxygens (including phenoxy) is 2. The second-order valence-corrected chi connectivity index (χ2v) is 13.5. The molecule has 274 valence electrons. The van der Waals surface area contributed by atoms with Gasteiger partial charge in [0.1, 0.15) is 11.7 Å². The van der Waals surface area contributed by atoms with Gasteiger partial charge in [-0.05, 0) is 65.0 Å². The lowest BCUT2D eigenvalue weighted by Crippen LogP contribution is -2.80. The van der Waals surface area contributed by atoms with Crippen LogP contribution in [0.25, 0.3) is 0 Å². The van der Waals surface area contributed by atoms with Crippen LogP contribution >= 0.6 is 0 Å². The molecular formula is C36H54N3O10-. The number of aliphatic hydroxyl groups excluding tert-OH is 2. The van der Waals surface area contributed by atoms with Crippen LogP contribution in [0.15, 0.2) is 71.5 Å². The van der Waals surface area contributed by atoms with Crippen molar-refractivity contribution in [3.8, 4) is 0 Å². The Labute approximate surface area is 289 Å². The van der Waals surface area contributed by atoms with Crippen molar-refractivity contribution < 1.29 is 44.4 Å². The first kappa shape index (κ1) is 41.6. The zero-order valence-electron chi connectivity index (χ0n) is 30.2. The lowest BCUT2D eigenvalue weighted by molar-refractivity contribution is -0.255. The molecule has 2 rings (SSSR count). The number of esters is 1. The van der Waals surface area contributed by atoms with Gasteiger partial charge in [-0.1, -0.05) is 68.5 Å². The maximum Gasteiger partial charge on any atom is 0.339 e. The quantitative estimate of drug-likeness (QED) is 0.0910. The van der Waals surface area contributed by atoms with Gasteiger partial charge in [-0.3, -0.25) is 14.8 Å². The molecule has 0 aromatic rings. The Morgan fingerprint density at radius 1 is 1.14 bits per heavy atom. The molecule has 8 unspecified atom stereocenters. The molecule has 2 aliphatic rings. The van der Waals surface area contributed by atoms with Crippen LogP contribution in [-0.4, -0.2) is 105 Å². The van der Waals surface area contributed by atoms with Crippen molar-refractivity contribution in [3.63, 3.8) is 0 Å². The number of likely N-dealkylation sites (N-methyl/N-ethyl adjacent to an activating group) is 1. The molecule has 49 heavy (non-hydrogen) atoms. The summed E-state index contributed by atoms with van der Waals surface area (Å²) in [4.78, 5) is 39.8. The second kappa shape index (κ2) is 16.9. The van der Waals surface area contributed by atoms with Crippen LogP contribution in [0.2, 0.25) is 0 Å². The summed E-state index contributed by atoms with van der Waals surface area (Å²) in [7, 11) is 2.87. The van der Waals surface area contributed by atoms with Crippen molar-refractivity contribution in [1.82, 2.24) is 15.4 Å². The zero-order chi connectivity index (χ0) is 37.5. The molecule has 1 spiro atoms. The first-order valence-corrected chi connectivity index (χ1v) is 16.3. The van der Waals surface area contributed by atoms with Crippen LogP contribution < -0.4 is 5.32 Å². The van der Waals surface area contributed by atoms with Crippen molar-refractivity contribution in [3.05, 3.63) is 76.7 Å². The van der Waals surface area contributed by atoms with E-state index in [4.69, 9.17) is 14.7 Å². The Bertz CT molecular complexity index is 1400. The molecule has 0 saturated carbocycles. The maximum atomic E-state index is 12.9. The minimum atomic E-state index is -1.87. The van der Waals surface area contributed by atoms with Crippen molar-refractivity contribution in [1.29, 1.82) is 0 Å². The summed E-state index contributed by atoms with van der Waals surface area (Å²) in [6.07, 6.45) is 11.4. The molecule has 2 amide bonds. The van der Waals surface area contributed by atoms with Crippen LogP contribution in [-0.2, 0) is 23.9 Å². The van der Waals surface area contributed by atoms with Crippen LogP contribution in [0, 0.1) is 22.5 Å². The molecule has 0 aromatic heterocycles. The number of hydroxylamine groups is 2. The highest BCUT2D eigenvalue weighted by Crippen LogP contribution is 2.54. The van der Waals surface area contributed by atoms with E-state index in [1.54, 1.807) is 103 Å². The lowest BCUT2D eigenvalue weighted by Gasteiger charge is -2.55. The number of likely N-dealkylation sites (tertiary alicyclic amines) is 1. The summed E-state index contributed by atoms with van der Waals surface area (Å²) >= 11 is 0. The average molecular weight is 689 g/mol. The van der Waals surface area contributed by atoms with Crippen LogP contribution in [0.1, 0.15) is 61.8 Å². The fourth-order valence-electron chi connectivity index (χ4n) is 6.47. The standard InChI is InChI=1S/C36H54N3O10/c1-22(26(5)39(46)47)17-13-11-14-18-23(2)30(41)34(7,8)32(43)37-20-16-12-15-19-28(40)24(3)21-29(48-10)36(45)25(4)31(42)38(9)35(36)27(6)49-33(35)44/h11-19,24-25,27-30,40-41,45-46H,20-21H2,1-10H3,(H,37,43)/q-1. The predicted molar refractivity (Wildman–Crippen MR) is 184 cm³/mol. The molecule has 0 aliphatic carbocycles.